The zero-order chi connectivity index (χ0) is 15.3. The van der Waals surface area contributed by atoms with Gasteiger partial charge in [-0.15, -0.1) is 0 Å². The van der Waals surface area contributed by atoms with Crippen molar-refractivity contribution in [2.24, 2.45) is 0 Å². The molecule has 22 heavy (non-hydrogen) atoms. The van der Waals surface area contributed by atoms with Crippen LogP contribution in [-0.4, -0.2) is 38.6 Å². The van der Waals surface area contributed by atoms with Crippen molar-refractivity contribution in [3.05, 3.63) is 0 Å². The molecule has 0 saturated carbocycles. The highest BCUT2D eigenvalue weighted by Gasteiger charge is 2.22. The molecular weight excluding hydrogens is 276 g/mol. The summed E-state index contributed by atoms with van der Waals surface area (Å²) in [4.78, 5) is 0. The van der Waals surface area contributed by atoms with Crippen LogP contribution in [0.2, 0.25) is 0 Å². The third-order valence-corrected chi connectivity index (χ3v) is 4.67. The fraction of sp³-hybridized carbons (Fsp3) is 1.00. The second-order valence-electron chi connectivity index (χ2n) is 7.02. The van der Waals surface area contributed by atoms with Crippen LogP contribution in [0.1, 0.15) is 83.5 Å². The zero-order valence-corrected chi connectivity index (χ0v) is 14.4. The first-order valence-electron chi connectivity index (χ1n) is 9.76. The lowest BCUT2D eigenvalue weighted by atomic mass is 10.0. The van der Waals surface area contributed by atoms with Gasteiger partial charge >= 0.3 is 0 Å². The van der Waals surface area contributed by atoms with E-state index in [-0.39, 0.29) is 0 Å². The van der Waals surface area contributed by atoms with Crippen LogP contribution in [0.25, 0.3) is 0 Å². The molecule has 2 unspecified atom stereocenters. The van der Waals surface area contributed by atoms with E-state index < -0.39 is 0 Å². The van der Waals surface area contributed by atoms with Gasteiger partial charge in [0, 0.05) is 6.61 Å². The van der Waals surface area contributed by atoms with Crippen molar-refractivity contribution >= 4 is 0 Å². The van der Waals surface area contributed by atoms with Crippen molar-refractivity contribution < 1.29 is 14.2 Å². The summed E-state index contributed by atoms with van der Waals surface area (Å²) in [6.07, 6.45) is 19.1. The monoisotopic (exact) mass is 312 g/mol. The standard InChI is InChI=1S/C19H36O3/c1(3-5-7-9-11-13-18-16-21-18)2-4-6-8-10-12-14-20-15-19-17-22-19/h18-19H,1-17H2. The predicted molar refractivity (Wildman–Crippen MR) is 90.3 cm³/mol. The summed E-state index contributed by atoms with van der Waals surface area (Å²) in [5, 5.41) is 0. The molecule has 0 bridgehead atoms. The van der Waals surface area contributed by atoms with Gasteiger partial charge in [0.2, 0.25) is 0 Å². The number of unbranched alkanes of at least 4 members (excludes halogenated alkanes) is 11. The molecule has 0 aromatic heterocycles. The first-order valence-corrected chi connectivity index (χ1v) is 9.76. The quantitative estimate of drug-likeness (QED) is 0.284. The third-order valence-electron chi connectivity index (χ3n) is 4.67. The van der Waals surface area contributed by atoms with E-state index in [1.54, 1.807) is 0 Å². The van der Waals surface area contributed by atoms with Crippen LogP contribution in [0.4, 0.5) is 0 Å². The second-order valence-corrected chi connectivity index (χ2v) is 7.02. The Hall–Kier alpha value is -0.120. The molecule has 2 aliphatic heterocycles. The number of epoxide rings is 2. The molecule has 2 rings (SSSR count). The lowest BCUT2D eigenvalue weighted by Gasteiger charge is -2.04. The van der Waals surface area contributed by atoms with Crippen molar-refractivity contribution in [3.8, 4) is 0 Å². The molecule has 0 aromatic carbocycles. The van der Waals surface area contributed by atoms with E-state index >= 15 is 0 Å². The molecule has 0 aromatic rings. The summed E-state index contributed by atoms with van der Waals surface area (Å²) in [5.74, 6) is 0. The van der Waals surface area contributed by atoms with Gasteiger partial charge in [0.05, 0.1) is 25.9 Å². The van der Waals surface area contributed by atoms with Crippen LogP contribution < -0.4 is 0 Å². The Kier molecular flexibility index (Phi) is 10.2. The van der Waals surface area contributed by atoms with Crippen molar-refractivity contribution in [1.29, 1.82) is 0 Å². The summed E-state index contributed by atoms with van der Waals surface area (Å²) >= 11 is 0. The summed E-state index contributed by atoms with van der Waals surface area (Å²) < 4.78 is 15.9. The first kappa shape index (κ1) is 18.2. The zero-order valence-electron chi connectivity index (χ0n) is 14.4. The highest BCUT2D eigenvalue weighted by Crippen LogP contribution is 2.18. The largest absolute Gasteiger partial charge is 0.379 e. The van der Waals surface area contributed by atoms with Gasteiger partial charge in [0.15, 0.2) is 0 Å². The average Bonchev–Trinajstić information content (AvgIpc) is 3.41. The highest BCUT2D eigenvalue weighted by molar-refractivity contribution is 4.68. The van der Waals surface area contributed by atoms with E-state index in [9.17, 15) is 0 Å². The number of ether oxygens (including phenoxy) is 3. The van der Waals surface area contributed by atoms with Crippen molar-refractivity contribution in [2.75, 3.05) is 26.4 Å². The minimum atomic E-state index is 0.423. The van der Waals surface area contributed by atoms with E-state index in [0.717, 1.165) is 26.4 Å². The molecule has 3 nitrogen and oxygen atoms in total. The predicted octanol–water partition coefficient (Wildman–Crippen LogP) is 4.87. The molecule has 0 amide bonds. The van der Waals surface area contributed by atoms with E-state index in [1.165, 1.54) is 83.5 Å². The SMILES string of the molecule is C(CCCCCCCC1CO1)CCCCCCOCC1CO1. The molecular formula is C19H36O3. The molecule has 0 aliphatic carbocycles. The Balaban J connectivity index is 1.16. The van der Waals surface area contributed by atoms with Crippen molar-refractivity contribution in [2.45, 2.75) is 95.7 Å². The minimum absolute atomic E-state index is 0.423. The van der Waals surface area contributed by atoms with Gasteiger partial charge in [0.1, 0.15) is 6.10 Å². The number of hydrogen-bond donors (Lipinski definition) is 0. The summed E-state index contributed by atoms with van der Waals surface area (Å²) in [6, 6.07) is 0. The van der Waals surface area contributed by atoms with Crippen LogP contribution in [0.3, 0.4) is 0 Å². The topological polar surface area (TPSA) is 34.3 Å². The summed E-state index contributed by atoms with van der Waals surface area (Å²) in [5.41, 5.74) is 0. The second kappa shape index (κ2) is 12.3. The Morgan fingerprint density at radius 1 is 0.591 bits per heavy atom. The van der Waals surface area contributed by atoms with Gasteiger partial charge < -0.3 is 14.2 Å². The normalized spacial score (nSPS) is 22.9. The molecule has 2 heterocycles. The maximum absolute atomic E-state index is 5.54. The maximum Gasteiger partial charge on any atom is 0.104 e. The molecule has 2 aliphatic rings. The van der Waals surface area contributed by atoms with Crippen molar-refractivity contribution in [1.82, 2.24) is 0 Å². The smallest absolute Gasteiger partial charge is 0.104 e. The van der Waals surface area contributed by atoms with Crippen LogP contribution in [-0.2, 0) is 14.2 Å². The lowest BCUT2D eigenvalue weighted by molar-refractivity contribution is 0.113. The molecule has 2 saturated heterocycles. The molecule has 0 N–H and O–H groups in total. The van der Waals surface area contributed by atoms with Crippen LogP contribution in [0.15, 0.2) is 0 Å². The van der Waals surface area contributed by atoms with Crippen LogP contribution >= 0.6 is 0 Å². The van der Waals surface area contributed by atoms with Gasteiger partial charge in [-0.25, -0.2) is 0 Å². The highest BCUT2D eigenvalue weighted by atomic mass is 16.6. The number of hydrogen-bond acceptors (Lipinski definition) is 3. The van der Waals surface area contributed by atoms with Crippen molar-refractivity contribution in [3.63, 3.8) is 0 Å². The Morgan fingerprint density at radius 3 is 1.55 bits per heavy atom. The molecule has 2 fully saturated rings. The Bertz CT molecular complexity index is 223. The van der Waals surface area contributed by atoms with E-state index in [1.807, 2.05) is 0 Å². The fourth-order valence-corrected chi connectivity index (χ4v) is 2.96. The van der Waals surface area contributed by atoms with Gasteiger partial charge in [-0.05, 0) is 12.8 Å². The lowest BCUT2D eigenvalue weighted by Crippen LogP contribution is -2.02. The summed E-state index contributed by atoms with van der Waals surface area (Å²) in [7, 11) is 0. The molecule has 130 valence electrons. The molecule has 2 atom stereocenters. The average molecular weight is 312 g/mol. The molecule has 0 radical (unpaired) electrons. The van der Waals surface area contributed by atoms with E-state index in [2.05, 4.69) is 0 Å². The van der Waals surface area contributed by atoms with E-state index in [0.29, 0.717) is 12.2 Å². The fourth-order valence-electron chi connectivity index (χ4n) is 2.96. The van der Waals surface area contributed by atoms with Gasteiger partial charge in [0.25, 0.3) is 0 Å². The Morgan fingerprint density at radius 2 is 1.05 bits per heavy atom. The minimum Gasteiger partial charge on any atom is -0.379 e. The summed E-state index contributed by atoms with van der Waals surface area (Å²) in [6.45, 7) is 3.68. The first-order chi connectivity index (χ1) is 10.9. The number of rotatable bonds is 17. The van der Waals surface area contributed by atoms with Crippen LogP contribution in [0.5, 0.6) is 0 Å². The molecule has 0 spiro atoms. The Labute approximate surface area is 137 Å². The third kappa shape index (κ3) is 11.4. The van der Waals surface area contributed by atoms with Gasteiger partial charge in [-0.1, -0.05) is 70.6 Å². The van der Waals surface area contributed by atoms with Gasteiger partial charge in [-0.3, -0.25) is 0 Å². The molecule has 3 heteroatoms. The van der Waals surface area contributed by atoms with Gasteiger partial charge in [-0.2, -0.15) is 0 Å². The van der Waals surface area contributed by atoms with Crippen LogP contribution in [0, 0.1) is 0 Å². The maximum atomic E-state index is 5.54. The van der Waals surface area contributed by atoms with E-state index in [4.69, 9.17) is 14.2 Å².